The number of imide groups is 1. The van der Waals surface area contributed by atoms with Crippen LogP contribution in [0.2, 0.25) is 5.02 Å². The SMILES string of the molecule is CC(=O)Oc1ccc(N2C(=O)[C@@H]3[C@@H]4C[C@H]([C@H]5ON=C(c6ccc(Cl)cc6)[C@H]45)[C@@H]3C2=O)cc1. The molecule has 4 aliphatic rings. The van der Waals surface area contributed by atoms with E-state index in [1.807, 2.05) is 24.3 Å². The van der Waals surface area contributed by atoms with Crippen LogP contribution in [-0.4, -0.2) is 29.6 Å². The molecule has 8 heteroatoms. The van der Waals surface area contributed by atoms with Crippen LogP contribution in [0.3, 0.4) is 0 Å². The molecule has 2 aromatic carbocycles. The number of rotatable bonds is 3. The zero-order valence-electron chi connectivity index (χ0n) is 17.1. The molecule has 0 unspecified atom stereocenters. The van der Waals surface area contributed by atoms with Crippen LogP contribution in [0.5, 0.6) is 5.75 Å². The molecule has 1 saturated heterocycles. The van der Waals surface area contributed by atoms with Crippen molar-refractivity contribution >= 4 is 40.8 Å². The van der Waals surface area contributed by atoms with Gasteiger partial charge in [0.05, 0.1) is 23.2 Å². The van der Waals surface area contributed by atoms with Gasteiger partial charge in [0.1, 0.15) is 11.9 Å². The molecule has 2 aromatic rings. The number of benzene rings is 2. The number of hydrogen-bond acceptors (Lipinski definition) is 6. The minimum atomic E-state index is -0.429. The smallest absolute Gasteiger partial charge is 0.308 e. The lowest BCUT2D eigenvalue weighted by Gasteiger charge is -2.29. The van der Waals surface area contributed by atoms with Gasteiger partial charge in [-0.3, -0.25) is 19.3 Å². The number of nitrogens with zero attached hydrogens (tertiary/aromatic N) is 2. The van der Waals surface area contributed by atoms with E-state index in [2.05, 4.69) is 5.16 Å². The zero-order chi connectivity index (χ0) is 22.1. The highest BCUT2D eigenvalue weighted by Crippen LogP contribution is 2.62. The summed E-state index contributed by atoms with van der Waals surface area (Å²) in [5.41, 5.74) is 2.25. The lowest BCUT2D eigenvalue weighted by atomic mass is 9.71. The molecule has 2 aliphatic heterocycles. The van der Waals surface area contributed by atoms with Crippen molar-refractivity contribution < 1.29 is 24.0 Å². The van der Waals surface area contributed by atoms with Gasteiger partial charge in [0.25, 0.3) is 0 Å². The van der Waals surface area contributed by atoms with Gasteiger partial charge in [0.15, 0.2) is 0 Å². The Morgan fingerprint density at radius 2 is 1.66 bits per heavy atom. The highest BCUT2D eigenvalue weighted by atomic mass is 35.5. The van der Waals surface area contributed by atoms with E-state index in [9.17, 15) is 14.4 Å². The van der Waals surface area contributed by atoms with Crippen molar-refractivity contribution in [2.24, 2.45) is 34.7 Å². The standard InChI is InChI=1S/C24H19ClN2O5/c1-11(28)31-15-8-6-14(7-9-15)27-23(29)18-16-10-17(19(18)24(27)30)22-20(16)21(26-32-22)12-2-4-13(25)5-3-12/h2-9,16-20,22H,10H2,1H3/t16-,17-,18+,19-,20-,22+/m0/s1. The number of anilines is 1. The normalized spacial score (nSPS) is 31.9. The predicted octanol–water partition coefficient (Wildman–Crippen LogP) is 3.44. The molecule has 2 aliphatic carbocycles. The summed E-state index contributed by atoms with van der Waals surface area (Å²) in [6, 6.07) is 13.9. The van der Waals surface area contributed by atoms with Gasteiger partial charge in [-0.05, 0) is 54.3 Å². The first-order valence-electron chi connectivity index (χ1n) is 10.6. The van der Waals surface area contributed by atoms with Gasteiger partial charge in [-0.15, -0.1) is 0 Å². The summed E-state index contributed by atoms with van der Waals surface area (Å²) in [5, 5.41) is 4.99. The Kier molecular flexibility index (Phi) is 4.21. The Morgan fingerprint density at radius 1 is 1.00 bits per heavy atom. The van der Waals surface area contributed by atoms with Gasteiger partial charge in [0.2, 0.25) is 11.8 Å². The van der Waals surface area contributed by atoms with Crippen molar-refractivity contribution in [1.29, 1.82) is 0 Å². The average Bonchev–Trinajstić information content (AvgIpc) is 3.50. The maximum atomic E-state index is 13.4. The van der Waals surface area contributed by atoms with Crippen LogP contribution in [0.1, 0.15) is 18.9 Å². The van der Waals surface area contributed by atoms with Crippen molar-refractivity contribution in [1.82, 2.24) is 0 Å². The highest BCUT2D eigenvalue weighted by molar-refractivity contribution is 6.30. The third-order valence-corrected chi connectivity index (χ3v) is 7.44. The van der Waals surface area contributed by atoms with Crippen LogP contribution in [0.15, 0.2) is 53.7 Å². The Balaban J connectivity index is 1.29. The largest absolute Gasteiger partial charge is 0.427 e. The molecule has 3 fully saturated rings. The first kappa shape index (κ1) is 19.5. The van der Waals surface area contributed by atoms with Gasteiger partial charge in [-0.25, -0.2) is 0 Å². The average molecular weight is 451 g/mol. The van der Waals surface area contributed by atoms with Gasteiger partial charge >= 0.3 is 5.97 Å². The van der Waals surface area contributed by atoms with Gasteiger partial charge in [-0.1, -0.05) is 28.9 Å². The fourth-order valence-electron chi connectivity index (χ4n) is 6.07. The quantitative estimate of drug-likeness (QED) is 0.406. The maximum absolute atomic E-state index is 13.4. The summed E-state index contributed by atoms with van der Waals surface area (Å²) >= 11 is 6.03. The number of oxime groups is 1. The van der Waals surface area contributed by atoms with Crippen molar-refractivity contribution in [3.05, 3.63) is 59.1 Å². The number of carbonyl (C=O) groups excluding carboxylic acids is 3. The summed E-state index contributed by atoms with van der Waals surface area (Å²) in [5.74, 6) is -1.22. The second-order valence-electron chi connectivity index (χ2n) is 8.79. The number of halogens is 1. The first-order valence-corrected chi connectivity index (χ1v) is 11.0. The fraction of sp³-hybridized carbons (Fsp3) is 0.333. The Morgan fingerprint density at radius 3 is 2.31 bits per heavy atom. The number of carbonyl (C=O) groups is 3. The lowest BCUT2D eigenvalue weighted by Crippen LogP contribution is -2.41. The summed E-state index contributed by atoms with van der Waals surface area (Å²) in [4.78, 5) is 45.0. The van der Waals surface area contributed by atoms with E-state index < -0.39 is 5.97 Å². The summed E-state index contributed by atoms with van der Waals surface area (Å²) in [7, 11) is 0. The Hall–Kier alpha value is -3.19. The molecule has 0 radical (unpaired) electrons. The third kappa shape index (κ3) is 2.67. The number of ether oxygens (including phenoxy) is 1. The predicted molar refractivity (Wildman–Crippen MR) is 115 cm³/mol. The second-order valence-corrected chi connectivity index (χ2v) is 9.23. The number of esters is 1. The fourth-order valence-corrected chi connectivity index (χ4v) is 6.19. The van der Waals surface area contributed by atoms with E-state index in [1.54, 1.807) is 24.3 Å². The number of fused-ring (bicyclic) bond motifs is 8. The van der Waals surface area contributed by atoms with Crippen LogP contribution in [0.25, 0.3) is 0 Å². The maximum Gasteiger partial charge on any atom is 0.308 e. The Labute approximate surface area is 188 Å². The van der Waals surface area contributed by atoms with Gasteiger partial charge in [-0.2, -0.15) is 0 Å². The summed E-state index contributed by atoms with van der Waals surface area (Å²) in [6.07, 6.45) is 0.600. The van der Waals surface area contributed by atoms with Crippen molar-refractivity contribution in [2.75, 3.05) is 4.90 Å². The molecule has 2 saturated carbocycles. The molecule has 2 bridgehead atoms. The van der Waals surface area contributed by atoms with Crippen LogP contribution >= 0.6 is 11.6 Å². The first-order chi connectivity index (χ1) is 15.4. The van der Waals surface area contributed by atoms with Gasteiger partial charge in [0, 0.05) is 23.8 Å². The van der Waals surface area contributed by atoms with E-state index in [1.165, 1.54) is 11.8 Å². The summed E-state index contributed by atoms with van der Waals surface area (Å²) in [6.45, 7) is 1.32. The van der Waals surface area contributed by atoms with Crippen LogP contribution in [0, 0.1) is 29.6 Å². The molecule has 162 valence electrons. The molecule has 2 amide bonds. The number of hydrogen-bond donors (Lipinski definition) is 0. The van der Waals surface area contributed by atoms with Gasteiger partial charge < -0.3 is 9.57 Å². The molecule has 7 nitrogen and oxygen atoms in total. The molecular formula is C24H19ClN2O5. The topological polar surface area (TPSA) is 85.3 Å². The van der Waals surface area contributed by atoms with E-state index in [-0.39, 0.29) is 47.5 Å². The third-order valence-electron chi connectivity index (χ3n) is 7.19. The van der Waals surface area contributed by atoms with Crippen molar-refractivity contribution in [3.63, 3.8) is 0 Å². The lowest BCUT2D eigenvalue weighted by molar-refractivity contribution is -0.132. The van der Waals surface area contributed by atoms with Crippen molar-refractivity contribution in [2.45, 2.75) is 19.4 Å². The molecule has 0 N–H and O–H groups in total. The van der Waals surface area contributed by atoms with Crippen molar-refractivity contribution in [3.8, 4) is 5.75 Å². The highest BCUT2D eigenvalue weighted by Gasteiger charge is 2.70. The molecule has 0 spiro atoms. The van der Waals surface area contributed by atoms with Crippen LogP contribution in [-0.2, 0) is 19.2 Å². The summed E-state index contributed by atoms with van der Waals surface area (Å²) < 4.78 is 5.05. The molecule has 32 heavy (non-hydrogen) atoms. The molecule has 6 rings (SSSR count). The zero-order valence-corrected chi connectivity index (χ0v) is 17.9. The minimum Gasteiger partial charge on any atom is -0.427 e. The molecular weight excluding hydrogens is 432 g/mol. The minimum absolute atomic E-state index is 0.00805. The van der Waals surface area contributed by atoms with E-state index in [4.69, 9.17) is 21.2 Å². The Bertz CT molecular complexity index is 1180. The van der Waals surface area contributed by atoms with E-state index in [0.29, 0.717) is 16.5 Å². The van der Waals surface area contributed by atoms with Crippen LogP contribution in [0.4, 0.5) is 5.69 Å². The van der Waals surface area contributed by atoms with Crippen LogP contribution < -0.4 is 9.64 Å². The monoisotopic (exact) mass is 450 g/mol. The van der Waals surface area contributed by atoms with E-state index in [0.717, 1.165) is 17.7 Å². The molecule has 0 aromatic heterocycles. The molecule has 2 heterocycles. The second kappa shape index (κ2) is 6.90. The molecule has 6 atom stereocenters. The van der Waals surface area contributed by atoms with E-state index >= 15 is 0 Å². The number of amides is 2.